The van der Waals surface area contributed by atoms with Crippen molar-refractivity contribution in [2.45, 2.75) is 43.7 Å². The van der Waals surface area contributed by atoms with E-state index < -0.39 is 5.54 Å². The molecule has 3 rings (SSSR count). The summed E-state index contributed by atoms with van der Waals surface area (Å²) in [4.78, 5) is 14.0. The van der Waals surface area contributed by atoms with E-state index >= 15 is 0 Å². The quantitative estimate of drug-likeness (QED) is 0.638. The number of hydrogen-bond acceptors (Lipinski definition) is 2. The summed E-state index contributed by atoms with van der Waals surface area (Å²) in [6, 6.07) is 0.540. The Balaban J connectivity index is 1.76. The third-order valence-electron chi connectivity index (χ3n) is 3.88. The van der Waals surface area contributed by atoms with Gasteiger partial charge in [0.2, 0.25) is 5.91 Å². The molecule has 13 heavy (non-hydrogen) atoms. The minimum atomic E-state index is -0.440. The fourth-order valence-electron chi connectivity index (χ4n) is 2.81. The number of piperidine rings is 1. The fourth-order valence-corrected chi connectivity index (χ4v) is 2.81. The maximum absolute atomic E-state index is 11.9. The van der Waals surface area contributed by atoms with Gasteiger partial charge >= 0.3 is 0 Å². The van der Waals surface area contributed by atoms with Crippen LogP contribution in [0.15, 0.2) is 0 Å². The van der Waals surface area contributed by atoms with Crippen LogP contribution in [0.4, 0.5) is 0 Å². The average molecular weight is 180 g/mol. The van der Waals surface area contributed by atoms with Crippen molar-refractivity contribution in [2.24, 2.45) is 11.7 Å². The minimum absolute atomic E-state index is 0.236. The first-order valence-corrected chi connectivity index (χ1v) is 5.29. The Labute approximate surface area is 78.3 Å². The molecule has 72 valence electrons. The zero-order valence-electron chi connectivity index (χ0n) is 7.83. The van der Waals surface area contributed by atoms with Crippen molar-refractivity contribution in [3.05, 3.63) is 0 Å². The number of amides is 1. The predicted molar refractivity (Wildman–Crippen MR) is 49.0 cm³/mol. The summed E-state index contributed by atoms with van der Waals surface area (Å²) < 4.78 is 0. The molecule has 2 aliphatic carbocycles. The van der Waals surface area contributed by atoms with E-state index in [0.717, 1.165) is 25.3 Å². The van der Waals surface area contributed by atoms with Crippen molar-refractivity contribution in [1.29, 1.82) is 0 Å². The minimum Gasteiger partial charge on any atom is -0.338 e. The van der Waals surface area contributed by atoms with Crippen LogP contribution >= 0.6 is 0 Å². The highest BCUT2D eigenvalue weighted by atomic mass is 16.2. The van der Waals surface area contributed by atoms with Crippen molar-refractivity contribution < 1.29 is 4.79 Å². The summed E-state index contributed by atoms with van der Waals surface area (Å²) in [5, 5.41) is 0. The Hall–Kier alpha value is -0.570. The SMILES string of the molecule is NC1(C(=O)N2CC3CCC2C3)CC1. The molecular weight excluding hydrogens is 164 g/mol. The van der Waals surface area contributed by atoms with Gasteiger partial charge in [-0.1, -0.05) is 0 Å². The number of rotatable bonds is 1. The molecule has 0 spiro atoms. The highest BCUT2D eigenvalue weighted by Crippen LogP contribution is 2.42. The van der Waals surface area contributed by atoms with Crippen molar-refractivity contribution in [3.8, 4) is 0 Å². The number of nitrogens with two attached hydrogens (primary N) is 1. The van der Waals surface area contributed by atoms with Crippen molar-refractivity contribution in [3.63, 3.8) is 0 Å². The molecule has 2 unspecified atom stereocenters. The highest BCUT2D eigenvalue weighted by Gasteiger charge is 2.52. The van der Waals surface area contributed by atoms with Crippen molar-refractivity contribution in [1.82, 2.24) is 4.90 Å². The van der Waals surface area contributed by atoms with Gasteiger partial charge < -0.3 is 10.6 Å². The van der Waals surface area contributed by atoms with Gasteiger partial charge in [0, 0.05) is 12.6 Å². The number of fused-ring (bicyclic) bond motifs is 2. The molecule has 3 heteroatoms. The zero-order chi connectivity index (χ0) is 9.05. The Morgan fingerprint density at radius 1 is 1.38 bits per heavy atom. The van der Waals surface area contributed by atoms with Crippen LogP contribution in [0.25, 0.3) is 0 Å². The second-order valence-corrected chi connectivity index (χ2v) is 4.95. The number of carbonyl (C=O) groups is 1. The van der Waals surface area contributed by atoms with Gasteiger partial charge in [-0.3, -0.25) is 4.79 Å². The summed E-state index contributed by atoms with van der Waals surface area (Å²) in [6.45, 7) is 0.989. The normalized spacial score (nSPS) is 39.6. The Morgan fingerprint density at radius 2 is 2.15 bits per heavy atom. The highest BCUT2D eigenvalue weighted by molar-refractivity contribution is 5.89. The van der Waals surface area contributed by atoms with E-state index in [2.05, 4.69) is 4.90 Å². The first-order chi connectivity index (χ1) is 6.19. The maximum Gasteiger partial charge on any atom is 0.242 e. The number of hydrogen-bond donors (Lipinski definition) is 1. The summed E-state index contributed by atoms with van der Waals surface area (Å²) in [5.74, 6) is 1.02. The molecule has 3 aliphatic rings. The summed E-state index contributed by atoms with van der Waals surface area (Å²) in [7, 11) is 0. The van der Waals surface area contributed by atoms with Crippen LogP contribution in [0.2, 0.25) is 0 Å². The van der Waals surface area contributed by atoms with Gasteiger partial charge in [-0.25, -0.2) is 0 Å². The second kappa shape index (κ2) is 2.27. The molecule has 0 radical (unpaired) electrons. The van der Waals surface area contributed by atoms with Gasteiger partial charge in [-0.05, 0) is 38.0 Å². The summed E-state index contributed by atoms with van der Waals surface area (Å²) >= 11 is 0. The lowest BCUT2D eigenvalue weighted by Crippen LogP contribution is -2.48. The van der Waals surface area contributed by atoms with E-state index in [1.165, 1.54) is 19.3 Å². The van der Waals surface area contributed by atoms with Crippen LogP contribution in [0.3, 0.4) is 0 Å². The molecule has 1 amide bonds. The molecule has 0 aromatic rings. The van der Waals surface area contributed by atoms with Crippen LogP contribution in [0.5, 0.6) is 0 Å². The van der Waals surface area contributed by atoms with E-state index in [1.807, 2.05) is 0 Å². The molecule has 2 atom stereocenters. The average Bonchev–Trinajstić information content (AvgIpc) is 2.65. The van der Waals surface area contributed by atoms with E-state index in [-0.39, 0.29) is 5.91 Å². The fraction of sp³-hybridized carbons (Fsp3) is 0.900. The van der Waals surface area contributed by atoms with Crippen LogP contribution in [0, 0.1) is 5.92 Å². The van der Waals surface area contributed by atoms with Crippen LogP contribution in [-0.2, 0) is 4.79 Å². The van der Waals surface area contributed by atoms with Crippen LogP contribution in [-0.4, -0.2) is 28.9 Å². The summed E-state index contributed by atoms with van der Waals surface area (Å²) in [6.07, 6.45) is 5.58. The lowest BCUT2D eigenvalue weighted by molar-refractivity contribution is -0.135. The van der Waals surface area contributed by atoms with Crippen LogP contribution < -0.4 is 5.73 Å². The molecule has 3 nitrogen and oxygen atoms in total. The van der Waals surface area contributed by atoms with Gasteiger partial charge in [-0.15, -0.1) is 0 Å². The Bertz CT molecular complexity index is 260. The Morgan fingerprint density at radius 3 is 2.62 bits per heavy atom. The molecule has 1 saturated heterocycles. The molecule has 1 heterocycles. The van der Waals surface area contributed by atoms with E-state index in [4.69, 9.17) is 5.73 Å². The van der Waals surface area contributed by atoms with E-state index in [9.17, 15) is 4.79 Å². The summed E-state index contributed by atoms with van der Waals surface area (Å²) in [5.41, 5.74) is 5.47. The molecular formula is C10H16N2O. The standard InChI is InChI=1S/C10H16N2O/c11-10(3-4-10)9(13)12-6-7-1-2-8(12)5-7/h7-8H,1-6,11H2. The zero-order valence-corrected chi connectivity index (χ0v) is 7.83. The van der Waals surface area contributed by atoms with E-state index in [0.29, 0.717) is 6.04 Å². The van der Waals surface area contributed by atoms with E-state index in [1.54, 1.807) is 0 Å². The van der Waals surface area contributed by atoms with Crippen molar-refractivity contribution in [2.75, 3.05) is 6.54 Å². The van der Waals surface area contributed by atoms with Gasteiger partial charge in [-0.2, -0.15) is 0 Å². The molecule has 0 aromatic carbocycles. The van der Waals surface area contributed by atoms with Crippen LogP contribution in [0.1, 0.15) is 32.1 Å². The first-order valence-electron chi connectivity index (χ1n) is 5.29. The lowest BCUT2D eigenvalue weighted by Gasteiger charge is -2.29. The van der Waals surface area contributed by atoms with Gasteiger partial charge in [0.05, 0.1) is 5.54 Å². The Kier molecular flexibility index (Phi) is 1.36. The first kappa shape index (κ1) is 7.80. The van der Waals surface area contributed by atoms with Crippen molar-refractivity contribution >= 4 is 5.91 Å². The molecule has 1 aliphatic heterocycles. The number of likely N-dealkylation sites (tertiary alicyclic amines) is 1. The lowest BCUT2D eigenvalue weighted by atomic mass is 10.1. The monoisotopic (exact) mass is 180 g/mol. The largest absolute Gasteiger partial charge is 0.338 e. The molecule has 0 aromatic heterocycles. The van der Waals surface area contributed by atoms with Gasteiger partial charge in [0.1, 0.15) is 0 Å². The molecule has 2 saturated carbocycles. The molecule has 2 bridgehead atoms. The predicted octanol–water partition coefficient (Wildman–Crippen LogP) is 0.489. The smallest absolute Gasteiger partial charge is 0.242 e. The number of nitrogens with zero attached hydrogens (tertiary/aromatic N) is 1. The van der Waals surface area contributed by atoms with Gasteiger partial charge in [0.25, 0.3) is 0 Å². The third kappa shape index (κ3) is 1.03. The molecule has 3 fully saturated rings. The topological polar surface area (TPSA) is 46.3 Å². The number of carbonyl (C=O) groups excluding carboxylic acids is 1. The second-order valence-electron chi connectivity index (χ2n) is 4.95. The maximum atomic E-state index is 11.9. The third-order valence-corrected chi connectivity index (χ3v) is 3.88. The molecule has 2 N–H and O–H groups in total. The van der Waals surface area contributed by atoms with Gasteiger partial charge in [0.15, 0.2) is 0 Å².